The molecule has 1 atom stereocenters. The molecule has 4 N–H and O–H groups in total. The quantitative estimate of drug-likeness (QED) is 0.524. The highest BCUT2D eigenvalue weighted by atomic mass is 32.1. The fraction of sp³-hybridized carbons (Fsp3) is 0.625. The number of nitrogens with two attached hydrogens (primary N) is 1. The summed E-state index contributed by atoms with van der Waals surface area (Å²) in [7, 11) is 1.50. The Morgan fingerprint density at radius 2 is 2.07 bits per heavy atom. The van der Waals surface area contributed by atoms with E-state index in [0.29, 0.717) is 6.42 Å². The molecule has 2 amide bonds. The lowest BCUT2D eigenvalue weighted by Crippen LogP contribution is -2.41. The van der Waals surface area contributed by atoms with Crippen molar-refractivity contribution in [1.82, 2.24) is 10.6 Å². The van der Waals surface area contributed by atoms with Gasteiger partial charge in [-0.15, -0.1) is 0 Å². The summed E-state index contributed by atoms with van der Waals surface area (Å²) in [5.74, 6) is -1.05. The number of carbonyl (C=O) groups is 2. The van der Waals surface area contributed by atoms with Crippen LogP contribution < -0.4 is 16.4 Å². The molecule has 0 spiro atoms. The van der Waals surface area contributed by atoms with Gasteiger partial charge < -0.3 is 16.4 Å². The Hall–Kier alpha value is -1.17. The van der Waals surface area contributed by atoms with Gasteiger partial charge in [0.2, 0.25) is 11.8 Å². The van der Waals surface area contributed by atoms with Crippen LogP contribution in [0.25, 0.3) is 0 Å². The van der Waals surface area contributed by atoms with E-state index >= 15 is 0 Å². The third-order valence-electron chi connectivity index (χ3n) is 1.77. The van der Waals surface area contributed by atoms with E-state index in [1.165, 1.54) is 7.05 Å². The number of likely N-dealkylation sites (N-methyl/N-ethyl adjacent to an activating group) is 1. The van der Waals surface area contributed by atoms with Gasteiger partial charge in [-0.1, -0.05) is 19.1 Å². The van der Waals surface area contributed by atoms with Gasteiger partial charge in [0, 0.05) is 7.05 Å². The zero-order chi connectivity index (χ0) is 11.1. The van der Waals surface area contributed by atoms with Crippen LogP contribution in [-0.2, 0) is 9.59 Å². The van der Waals surface area contributed by atoms with Crippen molar-refractivity contribution in [3.8, 4) is 0 Å². The molecule has 0 saturated heterocycles. The molecule has 0 heterocycles. The SMILES string of the molecule is CCC(C(=O)NCC(=O)NC)C(N)=S. The molecule has 80 valence electrons. The van der Waals surface area contributed by atoms with Crippen LogP contribution in [0, 0.1) is 5.92 Å². The van der Waals surface area contributed by atoms with Crippen molar-refractivity contribution < 1.29 is 9.59 Å². The highest BCUT2D eigenvalue weighted by molar-refractivity contribution is 7.80. The molecule has 0 aromatic rings. The molecule has 0 radical (unpaired) electrons. The minimum Gasteiger partial charge on any atom is -0.393 e. The van der Waals surface area contributed by atoms with Crippen molar-refractivity contribution in [2.24, 2.45) is 11.7 Å². The van der Waals surface area contributed by atoms with Crippen molar-refractivity contribution in [3.05, 3.63) is 0 Å². The summed E-state index contributed by atoms with van der Waals surface area (Å²) in [6, 6.07) is 0. The first-order chi connectivity index (χ1) is 6.52. The molecule has 14 heavy (non-hydrogen) atoms. The molecule has 0 aromatic heterocycles. The van der Waals surface area contributed by atoms with Crippen LogP contribution in [0.3, 0.4) is 0 Å². The molecule has 0 aliphatic carbocycles. The lowest BCUT2D eigenvalue weighted by molar-refractivity contribution is -0.127. The largest absolute Gasteiger partial charge is 0.393 e. The van der Waals surface area contributed by atoms with E-state index in [1.54, 1.807) is 0 Å². The van der Waals surface area contributed by atoms with E-state index in [0.717, 1.165) is 0 Å². The highest BCUT2D eigenvalue weighted by Crippen LogP contribution is 2.02. The lowest BCUT2D eigenvalue weighted by Gasteiger charge is -2.12. The van der Waals surface area contributed by atoms with Crippen LogP contribution in [0.1, 0.15) is 13.3 Å². The van der Waals surface area contributed by atoms with Crippen molar-refractivity contribution in [1.29, 1.82) is 0 Å². The predicted octanol–water partition coefficient (Wildman–Crippen LogP) is -0.839. The van der Waals surface area contributed by atoms with Crippen molar-refractivity contribution in [2.45, 2.75) is 13.3 Å². The molecular weight excluding hydrogens is 202 g/mol. The second-order valence-electron chi connectivity index (χ2n) is 2.75. The third kappa shape index (κ3) is 4.18. The summed E-state index contributed by atoms with van der Waals surface area (Å²) in [6.07, 6.45) is 0.537. The van der Waals surface area contributed by atoms with E-state index in [-0.39, 0.29) is 23.3 Å². The molecule has 5 nitrogen and oxygen atoms in total. The van der Waals surface area contributed by atoms with Crippen LogP contribution >= 0.6 is 12.2 Å². The number of carbonyl (C=O) groups excluding carboxylic acids is 2. The number of hydrogen-bond donors (Lipinski definition) is 3. The summed E-state index contributed by atoms with van der Waals surface area (Å²) >= 11 is 4.72. The van der Waals surface area contributed by atoms with Crippen molar-refractivity contribution in [3.63, 3.8) is 0 Å². The van der Waals surface area contributed by atoms with Gasteiger partial charge in [0.15, 0.2) is 0 Å². The van der Waals surface area contributed by atoms with E-state index in [1.807, 2.05) is 6.92 Å². The van der Waals surface area contributed by atoms with Crippen LogP contribution in [0.15, 0.2) is 0 Å². The highest BCUT2D eigenvalue weighted by Gasteiger charge is 2.19. The average Bonchev–Trinajstić information content (AvgIpc) is 2.14. The number of nitrogens with one attached hydrogen (secondary N) is 2. The molecule has 6 heteroatoms. The molecule has 1 unspecified atom stereocenters. The number of thiocarbonyl (C=S) groups is 1. The summed E-state index contributed by atoms with van der Waals surface area (Å²) in [4.78, 5) is 22.3. The maximum atomic E-state index is 11.4. The maximum Gasteiger partial charge on any atom is 0.239 e. The Labute approximate surface area is 88.4 Å². The van der Waals surface area contributed by atoms with Gasteiger partial charge in [-0.05, 0) is 6.42 Å². The topological polar surface area (TPSA) is 84.2 Å². The van der Waals surface area contributed by atoms with Crippen molar-refractivity contribution >= 4 is 29.0 Å². The zero-order valence-corrected chi connectivity index (χ0v) is 9.11. The predicted molar refractivity (Wildman–Crippen MR) is 57.6 cm³/mol. The Kier molecular flexibility index (Phi) is 5.78. The van der Waals surface area contributed by atoms with E-state index in [2.05, 4.69) is 10.6 Å². The monoisotopic (exact) mass is 217 g/mol. The molecule has 0 rings (SSSR count). The maximum absolute atomic E-state index is 11.4. The Balaban J connectivity index is 4.06. The van der Waals surface area contributed by atoms with Gasteiger partial charge in [0.1, 0.15) is 0 Å². The van der Waals surface area contributed by atoms with Gasteiger partial charge in [0.05, 0.1) is 17.5 Å². The fourth-order valence-corrected chi connectivity index (χ4v) is 1.17. The lowest BCUT2D eigenvalue weighted by atomic mass is 10.1. The normalized spacial score (nSPS) is 11.6. The summed E-state index contributed by atoms with van der Waals surface area (Å²) in [5.41, 5.74) is 5.36. The van der Waals surface area contributed by atoms with E-state index in [4.69, 9.17) is 18.0 Å². The minimum absolute atomic E-state index is 0.0472. The standard InChI is InChI=1S/C8H15N3O2S/c1-3-5(7(9)14)8(13)11-4-6(12)10-2/h5H,3-4H2,1-2H3,(H2,9,14)(H,10,12)(H,11,13). The van der Waals surface area contributed by atoms with Crippen molar-refractivity contribution in [2.75, 3.05) is 13.6 Å². The Morgan fingerprint density at radius 1 is 1.50 bits per heavy atom. The smallest absolute Gasteiger partial charge is 0.239 e. The average molecular weight is 217 g/mol. The summed E-state index contributed by atoms with van der Waals surface area (Å²) in [6.45, 7) is 1.76. The number of hydrogen-bond acceptors (Lipinski definition) is 3. The first kappa shape index (κ1) is 12.8. The van der Waals surface area contributed by atoms with Gasteiger partial charge in [-0.2, -0.15) is 0 Å². The first-order valence-electron chi connectivity index (χ1n) is 4.30. The molecule has 0 bridgehead atoms. The van der Waals surface area contributed by atoms with E-state index in [9.17, 15) is 9.59 Å². The van der Waals surface area contributed by atoms with E-state index < -0.39 is 5.92 Å². The number of amides is 2. The van der Waals surface area contributed by atoms with Gasteiger partial charge >= 0.3 is 0 Å². The second kappa shape index (κ2) is 6.31. The molecule has 0 aliphatic heterocycles. The van der Waals surface area contributed by atoms with Gasteiger partial charge in [0.25, 0.3) is 0 Å². The molecular formula is C8H15N3O2S. The van der Waals surface area contributed by atoms with Gasteiger partial charge in [-0.3, -0.25) is 9.59 Å². The second-order valence-corrected chi connectivity index (χ2v) is 3.23. The summed E-state index contributed by atoms with van der Waals surface area (Å²) in [5, 5.41) is 4.84. The Morgan fingerprint density at radius 3 is 2.43 bits per heavy atom. The third-order valence-corrected chi connectivity index (χ3v) is 2.05. The van der Waals surface area contributed by atoms with Crippen LogP contribution in [-0.4, -0.2) is 30.4 Å². The Bertz CT molecular complexity index is 243. The summed E-state index contributed by atoms with van der Waals surface area (Å²) < 4.78 is 0. The molecule has 0 aliphatic rings. The number of rotatable bonds is 5. The van der Waals surface area contributed by atoms with Crippen LogP contribution in [0.4, 0.5) is 0 Å². The molecule has 0 saturated carbocycles. The van der Waals surface area contributed by atoms with Crippen LogP contribution in [0.5, 0.6) is 0 Å². The molecule has 0 fully saturated rings. The first-order valence-corrected chi connectivity index (χ1v) is 4.71. The molecule has 0 aromatic carbocycles. The van der Waals surface area contributed by atoms with Crippen LogP contribution in [0.2, 0.25) is 0 Å². The minimum atomic E-state index is -0.491. The fourth-order valence-electron chi connectivity index (χ4n) is 0.895. The van der Waals surface area contributed by atoms with Gasteiger partial charge in [-0.25, -0.2) is 0 Å². The zero-order valence-electron chi connectivity index (χ0n) is 8.29.